The fourth-order valence-electron chi connectivity index (χ4n) is 3.64. The Labute approximate surface area is 161 Å². The summed E-state index contributed by atoms with van der Waals surface area (Å²) in [6.07, 6.45) is 2.56. The van der Waals surface area contributed by atoms with E-state index in [4.69, 9.17) is 4.74 Å². The van der Waals surface area contributed by atoms with Crippen LogP contribution in [0.5, 0.6) is 0 Å². The zero-order chi connectivity index (χ0) is 19.4. The highest BCUT2D eigenvalue weighted by Crippen LogP contribution is 2.44. The van der Waals surface area contributed by atoms with Crippen LogP contribution in [0.25, 0.3) is 0 Å². The van der Waals surface area contributed by atoms with E-state index in [0.717, 1.165) is 36.0 Å². The summed E-state index contributed by atoms with van der Waals surface area (Å²) in [4.78, 5) is 26.8. The van der Waals surface area contributed by atoms with Crippen LogP contribution in [0.3, 0.4) is 0 Å². The molecule has 0 saturated heterocycles. The predicted octanol–water partition coefficient (Wildman–Crippen LogP) is 3.93. The maximum absolute atomic E-state index is 12.7. The Kier molecular flexibility index (Phi) is 5.64. The van der Waals surface area contributed by atoms with Crippen LogP contribution in [0.2, 0.25) is 0 Å². The van der Waals surface area contributed by atoms with Crippen LogP contribution < -0.4 is 0 Å². The molecule has 1 saturated carbocycles. The van der Waals surface area contributed by atoms with Gasteiger partial charge in [-0.3, -0.25) is 9.59 Å². The second kappa shape index (κ2) is 7.95. The first-order chi connectivity index (χ1) is 12.9. The lowest BCUT2D eigenvalue weighted by Crippen LogP contribution is -2.45. The Hall–Kier alpha value is -2.62. The van der Waals surface area contributed by atoms with E-state index in [2.05, 4.69) is 6.07 Å². The standard InChI is InChI=1S/C23H27NO3/c1-17-10-11-19(18(2)14-17)15-24(3)21(25)16-27-22(26)23(12-7-13-23)20-8-5-4-6-9-20/h4-6,8-11,14H,7,12-13,15-16H2,1-3H3. The number of aryl methyl sites for hydroxylation is 2. The van der Waals surface area contributed by atoms with Gasteiger partial charge in [0.2, 0.25) is 0 Å². The number of rotatable bonds is 6. The van der Waals surface area contributed by atoms with Crippen molar-refractivity contribution in [3.8, 4) is 0 Å². The number of carbonyl (C=O) groups is 2. The Balaban J connectivity index is 1.59. The molecular weight excluding hydrogens is 338 g/mol. The van der Waals surface area contributed by atoms with Crippen LogP contribution in [0, 0.1) is 13.8 Å². The number of hydrogen-bond donors (Lipinski definition) is 0. The molecule has 0 heterocycles. The fraction of sp³-hybridized carbons (Fsp3) is 0.391. The third kappa shape index (κ3) is 4.05. The number of ether oxygens (including phenoxy) is 1. The molecule has 3 rings (SSSR count). The molecule has 4 nitrogen and oxygen atoms in total. The summed E-state index contributed by atoms with van der Waals surface area (Å²) in [6, 6.07) is 15.9. The van der Waals surface area contributed by atoms with E-state index in [0.29, 0.717) is 6.54 Å². The van der Waals surface area contributed by atoms with Crippen LogP contribution in [0.1, 0.15) is 41.5 Å². The third-order valence-electron chi connectivity index (χ3n) is 5.58. The second-order valence-corrected chi connectivity index (χ2v) is 7.56. The number of hydrogen-bond acceptors (Lipinski definition) is 3. The normalized spacial score (nSPS) is 14.9. The largest absolute Gasteiger partial charge is 0.455 e. The van der Waals surface area contributed by atoms with Crippen LogP contribution in [-0.4, -0.2) is 30.4 Å². The van der Waals surface area contributed by atoms with Gasteiger partial charge in [0, 0.05) is 13.6 Å². The predicted molar refractivity (Wildman–Crippen MR) is 105 cm³/mol. The summed E-state index contributed by atoms with van der Waals surface area (Å²) in [7, 11) is 1.74. The Morgan fingerprint density at radius 1 is 1.07 bits per heavy atom. The molecule has 0 spiro atoms. The molecule has 27 heavy (non-hydrogen) atoms. The van der Waals surface area contributed by atoms with Crippen LogP contribution >= 0.6 is 0 Å². The van der Waals surface area contributed by atoms with Crippen molar-refractivity contribution in [3.05, 3.63) is 70.8 Å². The first-order valence-corrected chi connectivity index (χ1v) is 9.45. The molecule has 1 aliphatic carbocycles. The number of nitrogens with zero attached hydrogens (tertiary/aromatic N) is 1. The summed E-state index contributed by atoms with van der Waals surface area (Å²) in [5.74, 6) is -0.473. The maximum Gasteiger partial charge on any atom is 0.317 e. The molecule has 2 aromatic carbocycles. The molecule has 2 aromatic rings. The summed E-state index contributed by atoms with van der Waals surface area (Å²) >= 11 is 0. The van der Waals surface area contributed by atoms with Gasteiger partial charge < -0.3 is 9.64 Å². The second-order valence-electron chi connectivity index (χ2n) is 7.56. The lowest BCUT2D eigenvalue weighted by molar-refractivity contribution is -0.160. The number of carbonyl (C=O) groups excluding carboxylic acids is 2. The zero-order valence-electron chi connectivity index (χ0n) is 16.3. The minimum absolute atomic E-state index is 0.189. The number of benzene rings is 2. The summed E-state index contributed by atoms with van der Waals surface area (Å²) in [6.45, 7) is 4.39. The van der Waals surface area contributed by atoms with Gasteiger partial charge in [-0.05, 0) is 43.4 Å². The van der Waals surface area contributed by atoms with Crippen LogP contribution in [0.15, 0.2) is 48.5 Å². The Morgan fingerprint density at radius 2 is 1.78 bits per heavy atom. The molecule has 0 N–H and O–H groups in total. The van der Waals surface area contributed by atoms with Crippen LogP contribution in [-0.2, 0) is 26.3 Å². The minimum Gasteiger partial charge on any atom is -0.455 e. The molecule has 1 fully saturated rings. The zero-order valence-corrected chi connectivity index (χ0v) is 16.3. The minimum atomic E-state index is -0.576. The number of amides is 1. The SMILES string of the molecule is Cc1ccc(CN(C)C(=O)COC(=O)C2(c3ccccc3)CCC2)c(C)c1. The van der Waals surface area contributed by atoms with E-state index in [-0.39, 0.29) is 18.5 Å². The molecule has 0 radical (unpaired) electrons. The highest BCUT2D eigenvalue weighted by atomic mass is 16.5. The molecule has 4 heteroatoms. The van der Waals surface area contributed by atoms with Gasteiger partial charge in [0.05, 0.1) is 5.41 Å². The van der Waals surface area contributed by atoms with Crippen molar-refractivity contribution in [2.45, 2.75) is 45.1 Å². The Morgan fingerprint density at radius 3 is 2.37 bits per heavy atom. The highest BCUT2D eigenvalue weighted by Gasteiger charge is 2.47. The quantitative estimate of drug-likeness (QED) is 0.729. The van der Waals surface area contributed by atoms with E-state index in [1.54, 1.807) is 11.9 Å². The van der Waals surface area contributed by atoms with Crippen molar-refractivity contribution >= 4 is 11.9 Å². The summed E-state index contributed by atoms with van der Waals surface area (Å²) in [5, 5.41) is 0. The van der Waals surface area contributed by atoms with E-state index >= 15 is 0 Å². The van der Waals surface area contributed by atoms with Gasteiger partial charge in [0.15, 0.2) is 6.61 Å². The lowest BCUT2D eigenvalue weighted by Gasteiger charge is -2.39. The van der Waals surface area contributed by atoms with E-state index < -0.39 is 5.41 Å². The van der Waals surface area contributed by atoms with Crippen molar-refractivity contribution in [2.24, 2.45) is 0 Å². The average Bonchev–Trinajstić information content (AvgIpc) is 2.62. The van der Waals surface area contributed by atoms with Gasteiger partial charge >= 0.3 is 5.97 Å². The topological polar surface area (TPSA) is 46.6 Å². The van der Waals surface area contributed by atoms with Crippen molar-refractivity contribution in [1.82, 2.24) is 4.90 Å². The molecular formula is C23H27NO3. The molecule has 142 valence electrons. The Bertz CT molecular complexity index is 825. The smallest absolute Gasteiger partial charge is 0.317 e. The van der Waals surface area contributed by atoms with Crippen molar-refractivity contribution in [2.75, 3.05) is 13.7 Å². The summed E-state index contributed by atoms with van der Waals surface area (Å²) < 4.78 is 5.44. The van der Waals surface area contributed by atoms with E-state index in [1.807, 2.05) is 56.3 Å². The fourth-order valence-corrected chi connectivity index (χ4v) is 3.64. The monoisotopic (exact) mass is 365 g/mol. The molecule has 0 atom stereocenters. The van der Waals surface area contributed by atoms with Gasteiger partial charge in [-0.2, -0.15) is 0 Å². The molecule has 0 bridgehead atoms. The molecule has 0 unspecified atom stereocenters. The third-order valence-corrected chi connectivity index (χ3v) is 5.58. The number of likely N-dealkylation sites (N-methyl/N-ethyl adjacent to an activating group) is 1. The maximum atomic E-state index is 12.7. The first kappa shape index (κ1) is 19.2. The van der Waals surface area contributed by atoms with E-state index in [9.17, 15) is 9.59 Å². The van der Waals surface area contributed by atoms with Gasteiger partial charge in [0.25, 0.3) is 5.91 Å². The molecule has 1 aliphatic rings. The van der Waals surface area contributed by atoms with E-state index in [1.165, 1.54) is 5.56 Å². The molecule has 0 aliphatic heterocycles. The van der Waals surface area contributed by atoms with Gasteiger partial charge in [-0.15, -0.1) is 0 Å². The van der Waals surface area contributed by atoms with Crippen LogP contribution in [0.4, 0.5) is 0 Å². The van der Waals surface area contributed by atoms with Gasteiger partial charge in [-0.25, -0.2) is 0 Å². The highest BCUT2D eigenvalue weighted by molar-refractivity contribution is 5.87. The molecule has 0 aromatic heterocycles. The van der Waals surface area contributed by atoms with Crippen molar-refractivity contribution < 1.29 is 14.3 Å². The first-order valence-electron chi connectivity index (χ1n) is 9.45. The van der Waals surface area contributed by atoms with Gasteiger partial charge in [0.1, 0.15) is 0 Å². The molecule has 1 amide bonds. The average molecular weight is 365 g/mol. The van der Waals surface area contributed by atoms with Crippen molar-refractivity contribution in [1.29, 1.82) is 0 Å². The lowest BCUT2D eigenvalue weighted by atomic mass is 9.64. The number of esters is 1. The van der Waals surface area contributed by atoms with Gasteiger partial charge in [-0.1, -0.05) is 60.5 Å². The summed E-state index contributed by atoms with van der Waals surface area (Å²) in [5.41, 5.74) is 3.86. The van der Waals surface area contributed by atoms with Crippen molar-refractivity contribution in [3.63, 3.8) is 0 Å².